The maximum absolute atomic E-state index is 12.6. The van der Waals surface area contributed by atoms with Gasteiger partial charge in [-0.05, 0) is 36.8 Å². The number of rotatable bonds is 8. The third-order valence-corrected chi connectivity index (χ3v) is 4.66. The molecule has 0 aliphatic heterocycles. The third kappa shape index (κ3) is 4.29. The van der Waals surface area contributed by atoms with E-state index in [2.05, 4.69) is 27.4 Å². The van der Waals surface area contributed by atoms with E-state index < -0.39 is 0 Å². The van der Waals surface area contributed by atoms with Crippen molar-refractivity contribution in [2.45, 2.75) is 26.3 Å². The van der Waals surface area contributed by atoms with Gasteiger partial charge in [-0.1, -0.05) is 31.5 Å². The number of carbonyl (C=O) groups excluding carboxylic acids is 1. The summed E-state index contributed by atoms with van der Waals surface area (Å²) in [5.41, 5.74) is 2.32. The molecule has 0 bridgehead atoms. The zero-order chi connectivity index (χ0) is 20.1. The summed E-state index contributed by atoms with van der Waals surface area (Å²) in [6.45, 7) is 3.09. The number of benzene rings is 2. The van der Waals surface area contributed by atoms with Gasteiger partial charge in [-0.25, -0.2) is 0 Å². The molecule has 0 unspecified atom stereocenters. The lowest BCUT2D eigenvalue weighted by molar-refractivity contribution is 0.0945. The number of para-hydroxylation sites is 1. The van der Waals surface area contributed by atoms with Crippen molar-refractivity contribution in [3.05, 3.63) is 72.4 Å². The first-order valence-electron chi connectivity index (χ1n) is 9.72. The lowest BCUT2D eigenvalue weighted by Crippen LogP contribution is -2.24. The van der Waals surface area contributed by atoms with Crippen LogP contribution in [0.5, 0.6) is 5.75 Å². The van der Waals surface area contributed by atoms with Crippen LogP contribution in [0.2, 0.25) is 0 Å². The fourth-order valence-electron chi connectivity index (χ4n) is 3.09. The van der Waals surface area contributed by atoms with Gasteiger partial charge in [-0.2, -0.15) is 0 Å². The van der Waals surface area contributed by atoms with Gasteiger partial charge in [0.1, 0.15) is 17.8 Å². The second-order valence-corrected chi connectivity index (χ2v) is 6.77. The molecule has 0 radical (unpaired) electrons. The average molecular weight is 389 g/mol. The van der Waals surface area contributed by atoms with Crippen molar-refractivity contribution in [2.75, 3.05) is 6.61 Å². The second kappa shape index (κ2) is 8.60. The van der Waals surface area contributed by atoms with E-state index >= 15 is 0 Å². The Balaban J connectivity index is 1.44. The molecule has 0 spiro atoms. The van der Waals surface area contributed by atoms with Gasteiger partial charge in [0.05, 0.1) is 13.2 Å². The molecule has 0 saturated heterocycles. The number of aromatic amines is 1. The molecule has 2 aromatic heterocycles. The molecule has 1 amide bonds. The molecule has 148 valence electrons. The Morgan fingerprint density at radius 1 is 1.17 bits per heavy atom. The van der Waals surface area contributed by atoms with Crippen LogP contribution in [0.3, 0.4) is 0 Å². The molecule has 2 heterocycles. The Morgan fingerprint density at radius 2 is 2.03 bits per heavy atom. The van der Waals surface area contributed by atoms with E-state index in [0.29, 0.717) is 18.1 Å². The van der Waals surface area contributed by atoms with E-state index in [1.165, 1.54) is 0 Å². The number of nitrogens with zero attached hydrogens (tertiary/aromatic N) is 3. The highest BCUT2D eigenvalue weighted by atomic mass is 16.5. The first-order chi connectivity index (χ1) is 14.2. The maximum Gasteiger partial charge on any atom is 0.268 e. The molecule has 2 aromatic carbocycles. The van der Waals surface area contributed by atoms with Crippen molar-refractivity contribution < 1.29 is 9.53 Å². The highest BCUT2D eigenvalue weighted by Crippen LogP contribution is 2.22. The molecule has 4 rings (SSSR count). The number of unbranched alkanes of at least 4 members (excludes halogenated alkanes) is 1. The summed E-state index contributed by atoms with van der Waals surface area (Å²) in [6.07, 6.45) is 3.75. The predicted molar refractivity (Wildman–Crippen MR) is 111 cm³/mol. The summed E-state index contributed by atoms with van der Waals surface area (Å²) in [7, 11) is 0. The van der Waals surface area contributed by atoms with E-state index in [1.54, 1.807) is 6.33 Å². The van der Waals surface area contributed by atoms with E-state index in [4.69, 9.17) is 4.74 Å². The van der Waals surface area contributed by atoms with Crippen molar-refractivity contribution in [1.29, 1.82) is 0 Å². The Labute approximate surface area is 168 Å². The van der Waals surface area contributed by atoms with Gasteiger partial charge in [-0.15, -0.1) is 10.2 Å². The fourth-order valence-corrected chi connectivity index (χ4v) is 3.09. The summed E-state index contributed by atoms with van der Waals surface area (Å²) in [5.74, 6) is 1.26. The predicted octanol–water partition coefficient (Wildman–Crippen LogP) is 3.86. The van der Waals surface area contributed by atoms with Gasteiger partial charge < -0.3 is 15.0 Å². The number of amides is 1. The van der Waals surface area contributed by atoms with Crippen LogP contribution in [-0.4, -0.2) is 32.3 Å². The molecular weight excluding hydrogens is 366 g/mol. The van der Waals surface area contributed by atoms with Crippen molar-refractivity contribution in [1.82, 2.24) is 25.1 Å². The van der Waals surface area contributed by atoms with Crippen molar-refractivity contribution in [3.8, 4) is 11.4 Å². The van der Waals surface area contributed by atoms with E-state index in [9.17, 15) is 4.79 Å². The summed E-state index contributed by atoms with van der Waals surface area (Å²) in [6, 6.07) is 17.4. The topological polar surface area (TPSA) is 84.8 Å². The molecule has 0 aliphatic rings. The number of hydrogen-bond acceptors (Lipinski definition) is 4. The van der Waals surface area contributed by atoms with Gasteiger partial charge in [0.2, 0.25) is 0 Å². The summed E-state index contributed by atoms with van der Waals surface area (Å²) < 4.78 is 7.59. The Hall–Kier alpha value is -3.61. The number of nitrogens with one attached hydrogen (secondary N) is 2. The zero-order valence-corrected chi connectivity index (χ0v) is 16.3. The number of hydrogen-bond donors (Lipinski definition) is 2. The molecule has 0 fully saturated rings. The molecule has 4 aromatic rings. The van der Waals surface area contributed by atoms with Crippen LogP contribution in [0, 0.1) is 0 Å². The van der Waals surface area contributed by atoms with E-state index in [0.717, 1.165) is 35.2 Å². The number of ether oxygens (including phenoxy) is 1. The van der Waals surface area contributed by atoms with E-state index in [-0.39, 0.29) is 12.5 Å². The van der Waals surface area contributed by atoms with Crippen LogP contribution in [-0.2, 0) is 6.54 Å². The smallest absolute Gasteiger partial charge is 0.268 e. The Morgan fingerprint density at radius 3 is 2.86 bits per heavy atom. The molecule has 0 aliphatic carbocycles. The number of carbonyl (C=O) groups is 1. The van der Waals surface area contributed by atoms with Gasteiger partial charge >= 0.3 is 0 Å². The Bertz CT molecular complexity index is 1100. The van der Waals surface area contributed by atoms with Crippen LogP contribution in [0.1, 0.15) is 36.1 Å². The van der Waals surface area contributed by atoms with Crippen molar-refractivity contribution >= 4 is 16.8 Å². The van der Waals surface area contributed by atoms with Gasteiger partial charge in [0.15, 0.2) is 5.82 Å². The lowest BCUT2D eigenvalue weighted by atomic mass is 10.2. The van der Waals surface area contributed by atoms with Crippen molar-refractivity contribution in [3.63, 3.8) is 0 Å². The first kappa shape index (κ1) is 18.7. The molecular formula is C22H23N5O2. The minimum absolute atomic E-state index is 0.197. The first-order valence-corrected chi connectivity index (χ1v) is 9.72. The molecule has 29 heavy (non-hydrogen) atoms. The minimum atomic E-state index is -0.197. The third-order valence-electron chi connectivity index (χ3n) is 4.66. The highest BCUT2D eigenvalue weighted by molar-refractivity contribution is 5.98. The quantitative estimate of drug-likeness (QED) is 0.448. The lowest BCUT2D eigenvalue weighted by Gasteiger charge is -2.07. The average Bonchev–Trinajstić information content (AvgIpc) is 3.39. The minimum Gasteiger partial charge on any atom is -0.494 e. The Kier molecular flexibility index (Phi) is 5.56. The maximum atomic E-state index is 12.6. The summed E-state index contributed by atoms with van der Waals surface area (Å²) in [5, 5.41) is 12.0. The van der Waals surface area contributed by atoms with Gasteiger partial charge in [0, 0.05) is 22.7 Å². The van der Waals surface area contributed by atoms with Crippen LogP contribution >= 0.6 is 0 Å². The molecule has 2 N–H and O–H groups in total. The standard InChI is InChI=1S/C22H23N5O2/c1-2-3-11-29-18-10-9-16-12-20(25-19(16)13-18)22(28)23-14-21-26-24-15-27(21)17-7-5-4-6-8-17/h4-10,12-13,15,25H,2-3,11,14H2,1H3,(H,23,28). The van der Waals surface area contributed by atoms with E-state index in [1.807, 2.05) is 59.2 Å². The normalized spacial score (nSPS) is 10.9. The zero-order valence-electron chi connectivity index (χ0n) is 16.3. The fraction of sp³-hybridized carbons (Fsp3) is 0.227. The summed E-state index contributed by atoms with van der Waals surface area (Å²) in [4.78, 5) is 15.8. The molecule has 7 nitrogen and oxygen atoms in total. The van der Waals surface area contributed by atoms with Crippen LogP contribution in [0.15, 0.2) is 60.9 Å². The largest absolute Gasteiger partial charge is 0.494 e. The molecule has 7 heteroatoms. The van der Waals surface area contributed by atoms with Gasteiger partial charge in [0.25, 0.3) is 5.91 Å². The van der Waals surface area contributed by atoms with Crippen LogP contribution in [0.4, 0.5) is 0 Å². The molecule has 0 saturated carbocycles. The van der Waals surface area contributed by atoms with Crippen LogP contribution < -0.4 is 10.1 Å². The number of fused-ring (bicyclic) bond motifs is 1. The highest BCUT2D eigenvalue weighted by Gasteiger charge is 2.12. The number of H-pyrrole nitrogens is 1. The monoisotopic (exact) mass is 389 g/mol. The second-order valence-electron chi connectivity index (χ2n) is 6.77. The molecule has 0 atom stereocenters. The van der Waals surface area contributed by atoms with Crippen molar-refractivity contribution in [2.24, 2.45) is 0 Å². The SMILES string of the molecule is CCCCOc1ccc2cc(C(=O)NCc3nncn3-c3ccccc3)[nH]c2c1. The number of aromatic nitrogens is 4. The summed E-state index contributed by atoms with van der Waals surface area (Å²) >= 11 is 0. The van der Waals surface area contributed by atoms with Crippen LogP contribution in [0.25, 0.3) is 16.6 Å². The van der Waals surface area contributed by atoms with Gasteiger partial charge in [-0.3, -0.25) is 9.36 Å².